The van der Waals surface area contributed by atoms with Gasteiger partial charge in [-0.15, -0.1) is 11.8 Å². The molecule has 2 aromatic carbocycles. The van der Waals surface area contributed by atoms with Crippen LogP contribution in [-0.2, 0) is 13.0 Å². The molecule has 3 heteroatoms. The van der Waals surface area contributed by atoms with Gasteiger partial charge in [0, 0.05) is 23.9 Å². The summed E-state index contributed by atoms with van der Waals surface area (Å²) in [4.78, 5) is 1.32. The molecule has 0 spiro atoms. The van der Waals surface area contributed by atoms with E-state index in [1.165, 1.54) is 16.0 Å². The third-order valence-electron chi connectivity index (χ3n) is 3.88. The van der Waals surface area contributed by atoms with Crippen LogP contribution in [0.4, 0.5) is 0 Å². The molecule has 0 bridgehead atoms. The molecule has 2 nitrogen and oxygen atoms in total. The number of ether oxygens (including phenoxy) is 1. The van der Waals surface area contributed by atoms with Gasteiger partial charge >= 0.3 is 0 Å². The van der Waals surface area contributed by atoms with E-state index in [2.05, 4.69) is 54.0 Å². The first kappa shape index (κ1) is 14.5. The second kappa shape index (κ2) is 7.01. The minimum atomic E-state index is 0.561. The molecule has 2 aromatic rings. The van der Waals surface area contributed by atoms with Crippen molar-refractivity contribution in [3.05, 3.63) is 59.7 Å². The molecule has 1 aliphatic heterocycles. The molecule has 0 fully saturated rings. The highest BCUT2D eigenvalue weighted by Crippen LogP contribution is 2.26. The molecule has 1 unspecified atom stereocenters. The average Bonchev–Trinajstić information content (AvgIpc) is 2.55. The van der Waals surface area contributed by atoms with Crippen LogP contribution in [0.1, 0.15) is 11.1 Å². The van der Waals surface area contributed by atoms with Crippen molar-refractivity contribution < 1.29 is 4.74 Å². The molecule has 3 rings (SSSR count). The second-order valence-electron chi connectivity index (χ2n) is 5.47. The Kier molecular flexibility index (Phi) is 4.84. The number of nitrogens with one attached hydrogen (secondary N) is 1. The van der Waals surface area contributed by atoms with E-state index in [0.717, 1.165) is 31.9 Å². The number of hydrogen-bond donors (Lipinski definition) is 1. The highest BCUT2D eigenvalue weighted by molar-refractivity contribution is 7.98. The van der Waals surface area contributed by atoms with Gasteiger partial charge in [0.05, 0.1) is 6.61 Å². The van der Waals surface area contributed by atoms with Gasteiger partial charge in [-0.3, -0.25) is 0 Å². The second-order valence-corrected chi connectivity index (χ2v) is 6.35. The van der Waals surface area contributed by atoms with Crippen LogP contribution in [-0.4, -0.2) is 19.4 Å². The minimum absolute atomic E-state index is 0.561. The van der Waals surface area contributed by atoms with Crippen LogP contribution in [0.5, 0.6) is 5.75 Å². The molecule has 0 amide bonds. The molecule has 1 heterocycles. The number of benzene rings is 2. The lowest BCUT2D eigenvalue weighted by molar-refractivity contribution is 0.218. The third kappa shape index (κ3) is 3.80. The summed E-state index contributed by atoms with van der Waals surface area (Å²) in [5.41, 5.74) is 2.67. The van der Waals surface area contributed by atoms with E-state index in [9.17, 15) is 0 Å². The van der Waals surface area contributed by atoms with Gasteiger partial charge in [-0.2, -0.15) is 0 Å². The number of rotatable bonds is 5. The van der Waals surface area contributed by atoms with Gasteiger partial charge in [0.2, 0.25) is 0 Å². The molecule has 0 saturated carbocycles. The standard InChI is InChI=1S/C18H21NOS/c1-21-17-8-6-14(7-9-17)11-19-12-15-10-16-4-2-3-5-18(16)20-13-15/h2-9,15,19H,10-13H2,1H3. The van der Waals surface area contributed by atoms with Crippen LogP contribution in [0.25, 0.3) is 0 Å². The predicted molar refractivity (Wildman–Crippen MR) is 89.1 cm³/mol. The fourth-order valence-corrected chi connectivity index (χ4v) is 3.09. The van der Waals surface area contributed by atoms with Gasteiger partial charge in [0.15, 0.2) is 0 Å². The first-order chi connectivity index (χ1) is 10.3. The maximum atomic E-state index is 5.83. The molecule has 110 valence electrons. The monoisotopic (exact) mass is 299 g/mol. The summed E-state index contributed by atoms with van der Waals surface area (Å²) >= 11 is 1.78. The summed E-state index contributed by atoms with van der Waals surface area (Å²) in [6, 6.07) is 17.1. The van der Waals surface area contributed by atoms with Gasteiger partial charge < -0.3 is 10.1 Å². The molecule has 21 heavy (non-hydrogen) atoms. The van der Waals surface area contributed by atoms with Crippen LogP contribution in [0.2, 0.25) is 0 Å². The molecule has 1 N–H and O–H groups in total. The van der Waals surface area contributed by atoms with Crippen LogP contribution >= 0.6 is 11.8 Å². The van der Waals surface area contributed by atoms with E-state index in [4.69, 9.17) is 4.74 Å². The van der Waals surface area contributed by atoms with Crippen LogP contribution in [0.15, 0.2) is 53.4 Å². The van der Waals surface area contributed by atoms with Crippen molar-refractivity contribution in [1.29, 1.82) is 0 Å². The molecular weight excluding hydrogens is 278 g/mol. The Bertz CT molecular complexity index is 582. The third-order valence-corrected chi connectivity index (χ3v) is 4.62. The smallest absolute Gasteiger partial charge is 0.122 e. The number of fused-ring (bicyclic) bond motifs is 1. The van der Waals surface area contributed by atoms with Gasteiger partial charge in [-0.05, 0) is 42.0 Å². The fourth-order valence-electron chi connectivity index (χ4n) is 2.69. The lowest BCUT2D eigenvalue weighted by Crippen LogP contribution is -2.31. The molecule has 1 aliphatic rings. The Morgan fingerprint density at radius 1 is 1.14 bits per heavy atom. The van der Waals surface area contributed by atoms with E-state index in [0.29, 0.717) is 5.92 Å². The summed E-state index contributed by atoms with van der Waals surface area (Å²) in [6.07, 6.45) is 3.21. The lowest BCUT2D eigenvalue weighted by Gasteiger charge is -2.25. The maximum absolute atomic E-state index is 5.83. The Morgan fingerprint density at radius 2 is 1.95 bits per heavy atom. The molecular formula is C18H21NOS. The van der Waals surface area contributed by atoms with Gasteiger partial charge in [0.1, 0.15) is 5.75 Å². The van der Waals surface area contributed by atoms with Crippen molar-refractivity contribution in [3.8, 4) is 5.75 Å². The zero-order chi connectivity index (χ0) is 14.5. The Hall–Kier alpha value is -1.45. The summed E-state index contributed by atoms with van der Waals surface area (Å²) in [6.45, 7) is 2.74. The zero-order valence-corrected chi connectivity index (χ0v) is 13.2. The van der Waals surface area contributed by atoms with E-state index >= 15 is 0 Å². The normalized spacial score (nSPS) is 17.1. The largest absolute Gasteiger partial charge is 0.493 e. The minimum Gasteiger partial charge on any atom is -0.493 e. The topological polar surface area (TPSA) is 21.3 Å². The molecule has 1 atom stereocenters. The molecule has 0 aliphatic carbocycles. The number of thioether (sulfide) groups is 1. The van der Waals surface area contributed by atoms with Crippen molar-refractivity contribution >= 4 is 11.8 Å². The quantitative estimate of drug-likeness (QED) is 0.850. The Labute approximate surface area is 130 Å². The summed E-state index contributed by atoms with van der Waals surface area (Å²) in [7, 11) is 0. The number of hydrogen-bond acceptors (Lipinski definition) is 3. The maximum Gasteiger partial charge on any atom is 0.122 e. The van der Waals surface area contributed by atoms with E-state index in [1.54, 1.807) is 11.8 Å². The van der Waals surface area contributed by atoms with Crippen molar-refractivity contribution in [2.45, 2.75) is 17.9 Å². The highest BCUT2D eigenvalue weighted by Gasteiger charge is 2.18. The summed E-state index contributed by atoms with van der Waals surface area (Å²) < 4.78 is 5.83. The summed E-state index contributed by atoms with van der Waals surface area (Å²) in [5, 5.41) is 3.55. The van der Waals surface area contributed by atoms with Crippen LogP contribution < -0.4 is 10.1 Å². The fraction of sp³-hybridized carbons (Fsp3) is 0.333. The number of para-hydroxylation sites is 1. The van der Waals surface area contributed by atoms with Gasteiger partial charge in [-0.1, -0.05) is 30.3 Å². The average molecular weight is 299 g/mol. The zero-order valence-electron chi connectivity index (χ0n) is 12.3. The molecule has 0 radical (unpaired) electrons. The predicted octanol–water partition coefficient (Wildman–Crippen LogP) is 3.75. The first-order valence-electron chi connectivity index (χ1n) is 7.39. The first-order valence-corrected chi connectivity index (χ1v) is 8.62. The van der Waals surface area contributed by atoms with Crippen LogP contribution in [0, 0.1) is 5.92 Å². The lowest BCUT2D eigenvalue weighted by atomic mass is 9.97. The van der Waals surface area contributed by atoms with E-state index < -0.39 is 0 Å². The van der Waals surface area contributed by atoms with Crippen molar-refractivity contribution in [2.75, 3.05) is 19.4 Å². The van der Waals surface area contributed by atoms with Gasteiger partial charge in [0.25, 0.3) is 0 Å². The summed E-state index contributed by atoms with van der Waals surface area (Å²) in [5.74, 6) is 1.62. The van der Waals surface area contributed by atoms with E-state index in [1.807, 2.05) is 6.07 Å². The molecule has 0 saturated heterocycles. The Balaban J connectivity index is 1.48. The van der Waals surface area contributed by atoms with Gasteiger partial charge in [-0.25, -0.2) is 0 Å². The van der Waals surface area contributed by atoms with Crippen molar-refractivity contribution in [1.82, 2.24) is 5.32 Å². The highest BCUT2D eigenvalue weighted by atomic mass is 32.2. The SMILES string of the molecule is CSc1ccc(CNCC2COc3ccccc3C2)cc1. The van der Waals surface area contributed by atoms with E-state index in [-0.39, 0.29) is 0 Å². The van der Waals surface area contributed by atoms with Crippen molar-refractivity contribution in [3.63, 3.8) is 0 Å². The van der Waals surface area contributed by atoms with Crippen molar-refractivity contribution in [2.24, 2.45) is 5.92 Å². The molecule has 0 aromatic heterocycles. The van der Waals surface area contributed by atoms with Crippen LogP contribution in [0.3, 0.4) is 0 Å². The Morgan fingerprint density at radius 3 is 2.76 bits per heavy atom.